The molecule has 5 nitrogen and oxygen atoms in total. The number of hydrogen-bond donors (Lipinski definition) is 2. The van der Waals surface area contributed by atoms with Crippen LogP contribution >= 0.6 is 24.0 Å². The highest BCUT2D eigenvalue weighted by Crippen LogP contribution is 2.48. The van der Waals surface area contributed by atoms with Crippen LogP contribution in [0.25, 0.3) is 0 Å². The third kappa shape index (κ3) is 6.33. The molecule has 142 valence electrons. The second-order valence-corrected chi connectivity index (χ2v) is 7.65. The lowest BCUT2D eigenvalue weighted by atomic mass is 10.0. The van der Waals surface area contributed by atoms with E-state index in [-0.39, 0.29) is 24.0 Å². The maximum atomic E-state index is 5.52. The van der Waals surface area contributed by atoms with Crippen molar-refractivity contribution in [3.05, 3.63) is 0 Å². The standard InChI is InChI=1S/C18H36N4O.HI/c1-6-23-10-9-18(7-8-18)13-20-17(19-5)21-16-12-22(14(2)3)11-15(16)4;/h14-16H,6-13H2,1-5H3,(H2,19,20,21);1H. The maximum absolute atomic E-state index is 5.52. The van der Waals surface area contributed by atoms with E-state index in [1.54, 1.807) is 0 Å². The Morgan fingerprint density at radius 1 is 1.33 bits per heavy atom. The Labute approximate surface area is 165 Å². The van der Waals surface area contributed by atoms with E-state index in [4.69, 9.17) is 4.74 Å². The van der Waals surface area contributed by atoms with Gasteiger partial charge in [-0.05, 0) is 51.4 Å². The highest BCUT2D eigenvalue weighted by Gasteiger charge is 2.42. The molecular weight excluding hydrogens is 415 g/mol. The zero-order valence-corrected chi connectivity index (χ0v) is 18.4. The van der Waals surface area contributed by atoms with Gasteiger partial charge in [-0.25, -0.2) is 0 Å². The van der Waals surface area contributed by atoms with Crippen LogP contribution in [0.3, 0.4) is 0 Å². The van der Waals surface area contributed by atoms with Gasteiger partial charge in [0.2, 0.25) is 0 Å². The van der Waals surface area contributed by atoms with Crippen LogP contribution < -0.4 is 10.6 Å². The molecule has 0 bridgehead atoms. The third-order valence-electron chi connectivity index (χ3n) is 5.49. The van der Waals surface area contributed by atoms with Crippen LogP contribution in [-0.4, -0.2) is 62.8 Å². The Hall–Kier alpha value is -0.0800. The SMILES string of the molecule is CCOCCC1(CNC(=NC)NC2CN(C(C)C)CC2C)CC1.I. The first-order valence-corrected chi connectivity index (χ1v) is 9.28. The summed E-state index contributed by atoms with van der Waals surface area (Å²) in [6.45, 7) is 13.9. The fraction of sp³-hybridized carbons (Fsp3) is 0.944. The lowest BCUT2D eigenvalue weighted by molar-refractivity contribution is 0.128. The lowest BCUT2D eigenvalue weighted by Gasteiger charge is -2.23. The molecule has 0 spiro atoms. The summed E-state index contributed by atoms with van der Waals surface area (Å²) in [5.41, 5.74) is 0.443. The van der Waals surface area contributed by atoms with E-state index in [0.717, 1.165) is 38.7 Å². The van der Waals surface area contributed by atoms with Crippen LogP contribution in [0.4, 0.5) is 0 Å². The first-order chi connectivity index (χ1) is 11.0. The predicted octanol–water partition coefficient (Wildman–Crippen LogP) is 2.70. The summed E-state index contributed by atoms with van der Waals surface area (Å²) in [7, 11) is 1.87. The fourth-order valence-corrected chi connectivity index (χ4v) is 3.38. The Kier molecular flexibility index (Phi) is 9.30. The fourth-order valence-electron chi connectivity index (χ4n) is 3.38. The maximum Gasteiger partial charge on any atom is 0.191 e. The minimum atomic E-state index is 0. The summed E-state index contributed by atoms with van der Waals surface area (Å²) >= 11 is 0. The Bertz CT molecular complexity index is 398. The van der Waals surface area contributed by atoms with Gasteiger partial charge in [-0.15, -0.1) is 24.0 Å². The van der Waals surface area contributed by atoms with E-state index in [2.05, 4.69) is 48.2 Å². The van der Waals surface area contributed by atoms with Crippen LogP contribution in [0, 0.1) is 11.3 Å². The number of ether oxygens (including phenoxy) is 1. The average Bonchev–Trinajstić information content (AvgIpc) is 3.19. The molecule has 0 radical (unpaired) electrons. The van der Waals surface area contributed by atoms with Crippen molar-refractivity contribution in [3.8, 4) is 0 Å². The molecule has 1 heterocycles. The molecule has 2 unspecified atom stereocenters. The minimum absolute atomic E-state index is 0. The van der Waals surface area contributed by atoms with E-state index < -0.39 is 0 Å². The number of guanidine groups is 1. The van der Waals surface area contributed by atoms with Gasteiger partial charge in [0.1, 0.15) is 0 Å². The topological polar surface area (TPSA) is 48.9 Å². The van der Waals surface area contributed by atoms with Gasteiger partial charge in [-0.2, -0.15) is 0 Å². The summed E-state index contributed by atoms with van der Waals surface area (Å²) in [6.07, 6.45) is 3.78. The quantitative estimate of drug-likeness (QED) is 0.257. The van der Waals surface area contributed by atoms with Crippen molar-refractivity contribution in [2.45, 2.75) is 59.0 Å². The zero-order chi connectivity index (χ0) is 16.9. The Balaban J connectivity index is 0.00000288. The van der Waals surface area contributed by atoms with Gasteiger partial charge in [-0.3, -0.25) is 9.89 Å². The Morgan fingerprint density at radius 2 is 2.04 bits per heavy atom. The van der Waals surface area contributed by atoms with Crippen LogP contribution in [0.5, 0.6) is 0 Å². The van der Waals surface area contributed by atoms with Gasteiger partial charge in [0.05, 0.1) is 0 Å². The van der Waals surface area contributed by atoms with Crippen LogP contribution in [-0.2, 0) is 4.74 Å². The smallest absolute Gasteiger partial charge is 0.191 e. The summed E-state index contributed by atoms with van der Waals surface area (Å²) in [5.74, 6) is 1.61. The van der Waals surface area contributed by atoms with Gasteiger partial charge < -0.3 is 15.4 Å². The number of nitrogens with zero attached hydrogens (tertiary/aromatic N) is 2. The van der Waals surface area contributed by atoms with E-state index in [1.165, 1.54) is 19.4 Å². The minimum Gasteiger partial charge on any atom is -0.382 e. The van der Waals surface area contributed by atoms with Crippen LogP contribution in [0.1, 0.15) is 47.0 Å². The number of hydrogen-bond acceptors (Lipinski definition) is 3. The number of rotatable bonds is 8. The molecule has 0 amide bonds. The molecule has 1 saturated carbocycles. The monoisotopic (exact) mass is 452 g/mol. The molecule has 0 aromatic carbocycles. The van der Waals surface area contributed by atoms with E-state index in [1.807, 2.05) is 7.05 Å². The van der Waals surface area contributed by atoms with Crippen molar-refractivity contribution in [2.75, 3.05) is 39.9 Å². The summed E-state index contributed by atoms with van der Waals surface area (Å²) < 4.78 is 5.52. The highest BCUT2D eigenvalue weighted by molar-refractivity contribution is 14.0. The molecule has 1 saturated heterocycles. The van der Waals surface area contributed by atoms with Crippen molar-refractivity contribution in [1.29, 1.82) is 0 Å². The number of halogens is 1. The van der Waals surface area contributed by atoms with Crippen molar-refractivity contribution in [2.24, 2.45) is 16.3 Å². The summed E-state index contributed by atoms with van der Waals surface area (Å²) in [5, 5.41) is 7.19. The highest BCUT2D eigenvalue weighted by atomic mass is 127. The van der Waals surface area contributed by atoms with E-state index >= 15 is 0 Å². The van der Waals surface area contributed by atoms with E-state index in [0.29, 0.717) is 23.4 Å². The second kappa shape index (κ2) is 10.2. The van der Waals surface area contributed by atoms with Crippen molar-refractivity contribution in [3.63, 3.8) is 0 Å². The molecule has 2 aliphatic rings. The number of aliphatic imine (C=N–C) groups is 1. The molecule has 2 rings (SSSR count). The van der Waals surface area contributed by atoms with Crippen molar-refractivity contribution >= 4 is 29.9 Å². The first-order valence-electron chi connectivity index (χ1n) is 9.28. The molecule has 0 aromatic rings. The van der Waals surface area contributed by atoms with Gasteiger partial charge >= 0.3 is 0 Å². The normalized spacial score (nSPS) is 26.3. The van der Waals surface area contributed by atoms with Gasteiger partial charge in [0, 0.05) is 52.0 Å². The molecule has 1 aliphatic carbocycles. The first kappa shape index (κ1) is 22.0. The molecular formula is C18H37IN4O. The van der Waals surface area contributed by atoms with Crippen molar-refractivity contribution < 1.29 is 4.74 Å². The van der Waals surface area contributed by atoms with E-state index in [9.17, 15) is 0 Å². The number of nitrogens with one attached hydrogen (secondary N) is 2. The lowest BCUT2D eigenvalue weighted by Crippen LogP contribution is -2.48. The molecule has 2 N–H and O–H groups in total. The molecule has 2 atom stereocenters. The number of likely N-dealkylation sites (tertiary alicyclic amines) is 1. The average molecular weight is 452 g/mol. The van der Waals surface area contributed by atoms with Crippen LogP contribution in [0.15, 0.2) is 4.99 Å². The third-order valence-corrected chi connectivity index (χ3v) is 5.49. The molecule has 24 heavy (non-hydrogen) atoms. The molecule has 6 heteroatoms. The predicted molar refractivity (Wildman–Crippen MR) is 112 cm³/mol. The van der Waals surface area contributed by atoms with Crippen LogP contribution in [0.2, 0.25) is 0 Å². The molecule has 0 aromatic heterocycles. The summed E-state index contributed by atoms with van der Waals surface area (Å²) in [6, 6.07) is 1.11. The molecule has 1 aliphatic heterocycles. The second-order valence-electron chi connectivity index (χ2n) is 7.65. The van der Waals surface area contributed by atoms with Gasteiger partial charge in [0.15, 0.2) is 5.96 Å². The largest absolute Gasteiger partial charge is 0.382 e. The van der Waals surface area contributed by atoms with Gasteiger partial charge in [-0.1, -0.05) is 6.92 Å². The summed E-state index contributed by atoms with van der Waals surface area (Å²) in [4.78, 5) is 6.97. The molecule has 2 fully saturated rings. The zero-order valence-electron chi connectivity index (χ0n) is 16.1. The van der Waals surface area contributed by atoms with Gasteiger partial charge in [0.25, 0.3) is 0 Å². The Morgan fingerprint density at radius 3 is 2.54 bits per heavy atom. The van der Waals surface area contributed by atoms with Crippen molar-refractivity contribution in [1.82, 2.24) is 15.5 Å².